The van der Waals surface area contributed by atoms with E-state index >= 15 is 0 Å². The van der Waals surface area contributed by atoms with E-state index in [0.29, 0.717) is 13.1 Å². The summed E-state index contributed by atoms with van der Waals surface area (Å²) in [4.78, 5) is 16.7. The predicted molar refractivity (Wildman–Crippen MR) is 91.6 cm³/mol. The van der Waals surface area contributed by atoms with Gasteiger partial charge in [0.25, 0.3) is 0 Å². The number of hydrogen-bond acceptors (Lipinski definition) is 3. The maximum atomic E-state index is 13.0. The van der Waals surface area contributed by atoms with Crippen LogP contribution in [0.25, 0.3) is 0 Å². The van der Waals surface area contributed by atoms with Crippen LogP contribution in [0.2, 0.25) is 0 Å². The summed E-state index contributed by atoms with van der Waals surface area (Å²) in [5.41, 5.74) is 1.86. The Morgan fingerprint density at radius 1 is 1.17 bits per heavy atom. The smallest absolute Gasteiger partial charge is 0.244 e. The molecular weight excluding hydrogens is 307 g/mol. The number of methoxy groups -OCH3 is 1. The van der Waals surface area contributed by atoms with Gasteiger partial charge in [-0.25, -0.2) is 4.39 Å². The van der Waals surface area contributed by atoms with Crippen molar-refractivity contribution < 1.29 is 13.9 Å². The summed E-state index contributed by atoms with van der Waals surface area (Å²) in [6.45, 7) is 3.94. The van der Waals surface area contributed by atoms with Crippen LogP contribution in [0, 0.1) is 5.82 Å². The highest BCUT2D eigenvalue weighted by molar-refractivity contribution is 5.97. The summed E-state index contributed by atoms with van der Waals surface area (Å²) in [5, 5.41) is 0. The first kappa shape index (κ1) is 16.5. The quantitative estimate of drug-likeness (QED) is 0.865. The van der Waals surface area contributed by atoms with Crippen molar-refractivity contribution in [1.82, 2.24) is 4.90 Å². The zero-order valence-corrected chi connectivity index (χ0v) is 13.9. The van der Waals surface area contributed by atoms with Crippen molar-refractivity contribution in [1.29, 1.82) is 0 Å². The number of nitrogens with zero attached hydrogens (tertiary/aromatic N) is 2. The second-order valence-corrected chi connectivity index (χ2v) is 5.96. The number of carbonyl (C=O) groups excluding carboxylic acids is 1. The van der Waals surface area contributed by atoms with E-state index in [0.717, 1.165) is 23.5 Å². The van der Waals surface area contributed by atoms with Crippen LogP contribution in [0.15, 0.2) is 48.5 Å². The Kier molecular flexibility index (Phi) is 4.81. The number of anilines is 1. The fourth-order valence-corrected chi connectivity index (χ4v) is 2.99. The van der Waals surface area contributed by atoms with Gasteiger partial charge in [0.15, 0.2) is 0 Å². The molecule has 1 amide bonds. The molecule has 0 radical (unpaired) electrons. The van der Waals surface area contributed by atoms with Crippen LogP contribution in [0.3, 0.4) is 0 Å². The molecule has 0 saturated carbocycles. The first-order valence-electron chi connectivity index (χ1n) is 8.02. The fraction of sp³-hybridized carbons (Fsp3) is 0.316. The lowest BCUT2D eigenvalue weighted by Crippen LogP contribution is -2.55. The molecule has 1 aliphatic rings. The molecule has 0 bridgehead atoms. The molecule has 1 atom stereocenters. The summed E-state index contributed by atoms with van der Waals surface area (Å²) in [6.07, 6.45) is 0. The van der Waals surface area contributed by atoms with Crippen LogP contribution in [0.1, 0.15) is 12.5 Å². The van der Waals surface area contributed by atoms with Crippen LogP contribution in [0.5, 0.6) is 5.75 Å². The molecule has 0 aliphatic carbocycles. The topological polar surface area (TPSA) is 32.8 Å². The van der Waals surface area contributed by atoms with E-state index in [4.69, 9.17) is 4.74 Å². The molecule has 1 aliphatic heterocycles. The van der Waals surface area contributed by atoms with E-state index < -0.39 is 0 Å². The van der Waals surface area contributed by atoms with Crippen molar-refractivity contribution in [2.45, 2.75) is 19.5 Å². The highest BCUT2D eigenvalue weighted by atomic mass is 19.1. The third-order valence-electron chi connectivity index (χ3n) is 4.45. The van der Waals surface area contributed by atoms with Crippen molar-refractivity contribution in [2.75, 3.05) is 25.1 Å². The second kappa shape index (κ2) is 7.01. The molecule has 24 heavy (non-hydrogen) atoms. The van der Waals surface area contributed by atoms with E-state index in [1.807, 2.05) is 31.2 Å². The summed E-state index contributed by atoms with van der Waals surface area (Å²) < 4.78 is 18.3. The first-order chi connectivity index (χ1) is 11.6. The van der Waals surface area contributed by atoms with E-state index in [2.05, 4.69) is 4.90 Å². The van der Waals surface area contributed by atoms with Crippen LogP contribution >= 0.6 is 0 Å². The van der Waals surface area contributed by atoms with Crippen LogP contribution < -0.4 is 9.64 Å². The minimum absolute atomic E-state index is 0.0663. The summed E-state index contributed by atoms with van der Waals surface area (Å²) in [6, 6.07) is 13.8. The van der Waals surface area contributed by atoms with Crippen LogP contribution in [0.4, 0.5) is 10.1 Å². The Balaban J connectivity index is 1.72. The molecule has 0 aromatic heterocycles. The molecule has 5 heteroatoms. The third-order valence-corrected chi connectivity index (χ3v) is 4.45. The standard InChI is InChI=1S/C19H21FN2O2/c1-14-19(23)22(17-4-3-5-18(12-17)24-2)11-10-21(14)13-15-6-8-16(20)9-7-15/h3-9,12,14H,10-11,13H2,1-2H3/t14-/m1/s1. The number of rotatable bonds is 4. The molecule has 1 saturated heterocycles. The van der Waals surface area contributed by atoms with Crippen molar-refractivity contribution in [2.24, 2.45) is 0 Å². The lowest BCUT2D eigenvalue weighted by atomic mass is 10.1. The lowest BCUT2D eigenvalue weighted by molar-refractivity contribution is -0.125. The molecule has 0 N–H and O–H groups in total. The molecule has 126 valence electrons. The highest BCUT2D eigenvalue weighted by Crippen LogP contribution is 2.25. The molecule has 2 aromatic carbocycles. The third kappa shape index (κ3) is 3.41. The normalized spacial score (nSPS) is 18.7. The van der Waals surface area contributed by atoms with Gasteiger partial charge in [0.2, 0.25) is 5.91 Å². The predicted octanol–water partition coefficient (Wildman–Crippen LogP) is 3.07. The SMILES string of the molecule is COc1cccc(N2CCN(Cc3ccc(F)cc3)[C@H](C)C2=O)c1. The number of amides is 1. The Bertz CT molecular complexity index is 718. The average molecular weight is 328 g/mol. The molecule has 1 heterocycles. The van der Waals surface area contributed by atoms with Crippen LogP contribution in [-0.2, 0) is 11.3 Å². The number of piperazine rings is 1. The van der Waals surface area contributed by atoms with Gasteiger partial charge in [0.05, 0.1) is 13.2 Å². The lowest BCUT2D eigenvalue weighted by Gasteiger charge is -2.39. The maximum absolute atomic E-state index is 13.0. The monoisotopic (exact) mass is 328 g/mol. The Morgan fingerprint density at radius 2 is 1.92 bits per heavy atom. The van der Waals surface area contributed by atoms with Gasteiger partial charge in [-0.15, -0.1) is 0 Å². The number of carbonyl (C=O) groups is 1. The minimum Gasteiger partial charge on any atom is -0.497 e. The van der Waals surface area contributed by atoms with E-state index in [-0.39, 0.29) is 17.8 Å². The van der Waals surface area contributed by atoms with Gasteiger partial charge < -0.3 is 9.64 Å². The van der Waals surface area contributed by atoms with Gasteiger partial charge in [-0.3, -0.25) is 9.69 Å². The molecule has 3 rings (SSSR count). The Morgan fingerprint density at radius 3 is 2.62 bits per heavy atom. The molecule has 0 spiro atoms. The van der Waals surface area contributed by atoms with Crippen molar-refractivity contribution in [3.63, 3.8) is 0 Å². The highest BCUT2D eigenvalue weighted by Gasteiger charge is 2.32. The van der Waals surface area contributed by atoms with Gasteiger partial charge in [0.1, 0.15) is 11.6 Å². The minimum atomic E-state index is -0.245. The number of ether oxygens (including phenoxy) is 1. The molecule has 4 nitrogen and oxygen atoms in total. The fourth-order valence-electron chi connectivity index (χ4n) is 2.99. The molecule has 0 unspecified atom stereocenters. The van der Waals surface area contributed by atoms with Gasteiger partial charge in [-0.05, 0) is 36.8 Å². The van der Waals surface area contributed by atoms with Gasteiger partial charge in [0, 0.05) is 31.4 Å². The maximum Gasteiger partial charge on any atom is 0.244 e. The zero-order valence-electron chi connectivity index (χ0n) is 13.9. The number of halogens is 1. The summed E-state index contributed by atoms with van der Waals surface area (Å²) >= 11 is 0. The van der Waals surface area contributed by atoms with Crippen LogP contribution in [-0.4, -0.2) is 37.0 Å². The second-order valence-electron chi connectivity index (χ2n) is 5.96. The zero-order chi connectivity index (χ0) is 17.1. The van der Waals surface area contributed by atoms with Gasteiger partial charge in [-0.2, -0.15) is 0 Å². The summed E-state index contributed by atoms with van der Waals surface area (Å²) in [7, 11) is 1.62. The number of hydrogen-bond donors (Lipinski definition) is 0. The Labute approximate surface area is 141 Å². The van der Waals surface area contributed by atoms with Crippen molar-refractivity contribution in [3.8, 4) is 5.75 Å². The van der Waals surface area contributed by atoms with Gasteiger partial charge in [-0.1, -0.05) is 18.2 Å². The molecule has 1 fully saturated rings. The largest absolute Gasteiger partial charge is 0.497 e. The molecule has 2 aromatic rings. The van der Waals surface area contributed by atoms with E-state index in [9.17, 15) is 9.18 Å². The van der Waals surface area contributed by atoms with Crippen molar-refractivity contribution in [3.05, 3.63) is 59.9 Å². The van der Waals surface area contributed by atoms with E-state index in [1.54, 1.807) is 24.1 Å². The summed E-state index contributed by atoms with van der Waals surface area (Å²) in [5.74, 6) is 0.559. The first-order valence-corrected chi connectivity index (χ1v) is 8.02. The Hall–Kier alpha value is -2.40. The van der Waals surface area contributed by atoms with Gasteiger partial charge >= 0.3 is 0 Å². The number of benzene rings is 2. The molecular formula is C19H21FN2O2. The average Bonchev–Trinajstić information content (AvgIpc) is 2.61. The van der Waals surface area contributed by atoms with Crippen molar-refractivity contribution >= 4 is 11.6 Å². The van der Waals surface area contributed by atoms with E-state index in [1.165, 1.54) is 12.1 Å².